The number of alkyl halides is 3. The van der Waals surface area contributed by atoms with Gasteiger partial charge in [0.25, 0.3) is 0 Å². The first kappa shape index (κ1) is 16.3. The Morgan fingerprint density at radius 3 is 2.35 bits per heavy atom. The zero-order valence-corrected chi connectivity index (χ0v) is 11.2. The molecule has 0 heterocycles. The minimum atomic E-state index is -4.73. The topological polar surface area (TPSA) is 47.6 Å². The molecular formula is C13H16F3NO3. The Morgan fingerprint density at radius 2 is 1.90 bits per heavy atom. The van der Waals surface area contributed by atoms with Gasteiger partial charge in [0.1, 0.15) is 11.8 Å². The summed E-state index contributed by atoms with van der Waals surface area (Å²) in [4.78, 5) is 11.6. The summed E-state index contributed by atoms with van der Waals surface area (Å²) in [6, 6.07) is 4.40. The van der Waals surface area contributed by atoms with Crippen molar-refractivity contribution >= 4 is 5.97 Å². The minimum absolute atomic E-state index is 0.333. The van der Waals surface area contributed by atoms with E-state index >= 15 is 0 Å². The van der Waals surface area contributed by atoms with Crippen molar-refractivity contribution in [2.24, 2.45) is 0 Å². The highest BCUT2D eigenvalue weighted by Crippen LogP contribution is 2.24. The van der Waals surface area contributed by atoms with Crippen molar-refractivity contribution in [2.75, 3.05) is 13.7 Å². The van der Waals surface area contributed by atoms with Gasteiger partial charge in [0, 0.05) is 0 Å². The lowest BCUT2D eigenvalue weighted by molar-refractivity contribution is -0.274. The molecule has 0 bridgehead atoms. The van der Waals surface area contributed by atoms with Gasteiger partial charge in [-0.05, 0) is 30.7 Å². The molecule has 0 amide bonds. The van der Waals surface area contributed by atoms with Gasteiger partial charge in [-0.3, -0.25) is 0 Å². The Kier molecular flexibility index (Phi) is 5.82. The van der Waals surface area contributed by atoms with Gasteiger partial charge in [0.15, 0.2) is 0 Å². The second kappa shape index (κ2) is 7.14. The van der Waals surface area contributed by atoms with Crippen molar-refractivity contribution in [3.63, 3.8) is 0 Å². The van der Waals surface area contributed by atoms with E-state index in [0.717, 1.165) is 18.6 Å². The van der Waals surface area contributed by atoms with E-state index in [1.807, 2.05) is 6.92 Å². The van der Waals surface area contributed by atoms with Crippen LogP contribution in [0, 0.1) is 0 Å². The van der Waals surface area contributed by atoms with E-state index in [9.17, 15) is 18.0 Å². The monoisotopic (exact) mass is 291 g/mol. The van der Waals surface area contributed by atoms with Crippen LogP contribution in [0.3, 0.4) is 0 Å². The van der Waals surface area contributed by atoms with E-state index in [4.69, 9.17) is 0 Å². The normalized spacial score (nSPS) is 12.8. The quantitative estimate of drug-likeness (QED) is 0.819. The maximum absolute atomic E-state index is 12.0. The van der Waals surface area contributed by atoms with Crippen LogP contribution < -0.4 is 10.1 Å². The van der Waals surface area contributed by atoms with Crippen LogP contribution >= 0.6 is 0 Å². The highest BCUT2D eigenvalue weighted by molar-refractivity contribution is 5.77. The molecule has 1 unspecified atom stereocenters. The zero-order valence-electron chi connectivity index (χ0n) is 11.2. The lowest BCUT2D eigenvalue weighted by Crippen LogP contribution is -2.30. The van der Waals surface area contributed by atoms with Crippen LogP contribution in [-0.2, 0) is 9.53 Å². The van der Waals surface area contributed by atoms with Gasteiger partial charge >= 0.3 is 12.3 Å². The Labute approximate surface area is 114 Å². The summed E-state index contributed by atoms with van der Waals surface area (Å²) >= 11 is 0. The SMILES string of the molecule is CCCNC(C(=O)OC)c1ccc(OC(F)(F)F)cc1. The number of methoxy groups -OCH3 is 1. The summed E-state index contributed by atoms with van der Waals surface area (Å²) in [6.07, 6.45) is -3.92. The number of benzene rings is 1. The van der Waals surface area contributed by atoms with Crippen LogP contribution in [-0.4, -0.2) is 26.0 Å². The van der Waals surface area contributed by atoms with Crippen LogP contribution in [0.25, 0.3) is 0 Å². The zero-order chi connectivity index (χ0) is 15.2. The van der Waals surface area contributed by atoms with Gasteiger partial charge in [0.2, 0.25) is 0 Å². The fraction of sp³-hybridized carbons (Fsp3) is 0.462. The van der Waals surface area contributed by atoms with Crippen LogP contribution in [0.5, 0.6) is 5.75 Å². The molecule has 20 heavy (non-hydrogen) atoms. The maximum Gasteiger partial charge on any atom is 0.573 e. The van der Waals surface area contributed by atoms with Crippen molar-refractivity contribution in [1.29, 1.82) is 0 Å². The number of ether oxygens (including phenoxy) is 2. The number of carbonyl (C=O) groups excluding carboxylic acids is 1. The maximum atomic E-state index is 12.0. The molecule has 0 saturated heterocycles. The number of rotatable bonds is 6. The molecule has 0 aliphatic carbocycles. The third-order valence-corrected chi connectivity index (χ3v) is 2.48. The molecule has 112 valence electrons. The van der Waals surface area contributed by atoms with Crippen molar-refractivity contribution in [3.05, 3.63) is 29.8 Å². The number of hydrogen-bond acceptors (Lipinski definition) is 4. The molecule has 0 fully saturated rings. The fourth-order valence-electron chi connectivity index (χ4n) is 1.61. The Hall–Kier alpha value is -1.76. The van der Waals surface area contributed by atoms with E-state index in [1.54, 1.807) is 0 Å². The van der Waals surface area contributed by atoms with Gasteiger partial charge in [0.05, 0.1) is 7.11 Å². The lowest BCUT2D eigenvalue weighted by atomic mass is 10.1. The highest BCUT2D eigenvalue weighted by atomic mass is 19.4. The first-order chi connectivity index (χ1) is 9.37. The summed E-state index contributed by atoms with van der Waals surface area (Å²) in [5, 5.41) is 2.97. The molecule has 0 spiro atoms. The third-order valence-electron chi connectivity index (χ3n) is 2.48. The molecule has 1 N–H and O–H groups in total. The molecule has 4 nitrogen and oxygen atoms in total. The van der Waals surface area contributed by atoms with Gasteiger partial charge in [-0.25, -0.2) is 4.79 Å². The van der Waals surface area contributed by atoms with Crippen molar-refractivity contribution in [3.8, 4) is 5.75 Å². The number of esters is 1. The predicted molar refractivity (Wildman–Crippen MR) is 66.2 cm³/mol. The summed E-state index contributed by atoms with van der Waals surface area (Å²) in [6.45, 7) is 2.52. The first-order valence-corrected chi connectivity index (χ1v) is 6.04. The average Bonchev–Trinajstić information content (AvgIpc) is 2.38. The smallest absolute Gasteiger partial charge is 0.468 e. The van der Waals surface area contributed by atoms with E-state index < -0.39 is 18.4 Å². The molecule has 0 radical (unpaired) electrons. The largest absolute Gasteiger partial charge is 0.573 e. The van der Waals surface area contributed by atoms with E-state index in [2.05, 4.69) is 14.8 Å². The first-order valence-electron chi connectivity index (χ1n) is 6.04. The third kappa shape index (κ3) is 5.08. The van der Waals surface area contributed by atoms with Gasteiger partial charge in [-0.15, -0.1) is 13.2 Å². The second-order valence-electron chi connectivity index (χ2n) is 4.03. The van der Waals surface area contributed by atoms with E-state index in [1.165, 1.54) is 19.2 Å². The van der Waals surface area contributed by atoms with E-state index in [0.29, 0.717) is 12.1 Å². The molecule has 0 aliphatic heterocycles. The van der Waals surface area contributed by atoms with Crippen molar-refractivity contribution in [1.82, 2.24) is 5.32 Å². The molecule has 0 saturated carbocycles. The fourth-order valence-corrected chi connectivity index (χ4v) is 1.61. The number of halogens is 3. The average molecular weight is 291 g/mol. The summed E-state index contributed by atoms with van der Waals surface area (Å²) in [7, 11) is 1.25. The Bertz CT molecular complexity index is 431. The van der Waals surface area contributed by atoms with Crippen LogP contribution in [0.1, 0.15) is 24.9 Å². The number of hydrogen-bond donors (Lipinski definition) is 1. The van der Waals surface area contributed by atoms with E-state index in [-0.39, 0.29) is 5.75 Å². The van der Waals surface area contributed by atoms with Crippen LogP contribution in [0.15, 0.2) is 24.3 Å². The molecule has 1 aromatic carbocycles. The van der Waals surface area contributed by atoms with Crippen LogP contribution in [0.4, 0.5) is 13.2 Å². The molecular weight excluding hydrogens is 275 g/mol. The van der Waals surface area contributed by atoms with Gasteiger partial charge in [-0.1, -0.05) is 19.1 Å². The molecule has 1 atom stereocenters. The molecule has 7 heteroatoms. The highest BCUT2D eigenvalue weighted by Gasteiger charge is 2.31. The summed E-state index contributed by atoms with van der Waals surface area (Å²) in [5.74, 6) is -0.830. The van der Waals surface area contributed by atoms with Crippen LogP contribution in [0.2, 0.25) is 0 Å². The Morgan fingerprint density at radius 1 is 1.30 bits per heavy atom. The predicted octanol–water partition coefficient (Wildman–Crippen LogP) is 2.80. The van der Waals surface area contributed by atoms with Gasteiger partial charge in [-0.2, -0.15) is 0 Å². The summed E-state index contributed by atoms with van der Waals surface area (Å²) in [5.41, 5.74) is 0.514. The van der Waals surface area contributed by atoms with Crippen molar-refractivity contribution in [2.45, 2.75) is 25.7 Å². The number of nitrogens with one attached hydrogen (secondary N) is 1. The second-order valence-corrected chi connectivity index (χ2v) is 4.03. The number of carbonyl (C=O) groups is 1. The molecule has 1 aromatic rings. The Balaban J connectivity index is 2.84. The minimum Gasteiger partial charge on any atom is -0.468 e. The lowest BCUT2D eigenvalue weighted by Gasteiger charge is -2.17. The molecule has 0 aliphatic rings. The van der Waals surface area contributed by atoms with Gasteiger partial charge < -0.3 is 14.8 Å². The summed E-state index contributed by atoms with van der Waals surface area (Å²) < 4.78 is 44.6. The molecule has 1 rings (SSSR count). The molecule has 0 aromatic heterocycles. The standard InChI is InChI=1S/C13H16F3NO3/c1-3-8-17-11(12(18)19-2)9-4-6-10(7-5-9)20-13(14,15)16/h4-7,11,17H,3,8H2,1-2H3. The van der Waals surface area contributed by atoms with Crippen molar-refractivity contribution < 1.29 is 27.4 Å².